The molecule has 28 heavy (non-hydrogen) atoms. The van der Waals surface area contributed by atoms with Gasteiger partial charge >= 0.3 is 0 Å². The number of piperidine rings is 2. The molecular formula is C20H32ClN3O3S. The predicted molar refractivity (Wildman–Crippen MR) is 113 cm³/mol. The van der Waals surface area contributed by atoms with Crippen molar-refractivity contribution in [2.24, 2.45) is 5.92 Å². The first-order valence-corrected chi connectivity index (χ1v) is 11.5. The number of nitrogens with one attached hydrogen (secondary N) is 1. The molecule has 0 unspecified atom stereocenters. The molecule has 3 rings (SSSR count). The smallest absolute Gasteiger partial charge is 0.253 e. The number of hydrogen-bond acceptors (Lipinski definition) is 4. The maximum atomic E-state index is 12.9. The van der Waals surface area contributed by atoms with Gasteiger partial charge in [0.25, 0.3) is 5.91 Å². The van der Waals surface area contributed by atoms with E-state index < -0.39 is 10.0 Å². The highest BCUT2D eigenvalue weighted by Crippen LogP contribution is 2.24. The van der Waals surface area contributed by atoms with Gasteiger partial charge in [-0.2, -0.15) is 4.31 Å². The molecule has 2 aliphatic rings. The third-order valence-electron chi connectivity index (χ3n) is 5.74. The highest BCUT2D eigenvalue weighted by atomic mass is 35.5. The van der Waals surface area contributed by atoms with E-state index in [4.69, 9.17) is 0 Å². The monoisotopic (exact) mass is 429 g/mol. The van der Waals surface area contributed by atoms with E-state index in [9.17, 15) is 13.2 Å². The van der Waals surface area contributed by atoms with Crippen molar-refractivity contribution in [1.82, 2.24) is 14.5 Å². The van der Waals surface area contributed by atoms with Crippen molar-refractivity contribution in [2.75, 3.05) is 39.8 Å². The van der Waals surface area contributed by atoms with E-state index in [1.807, 2.05) is 11.9 Å². The number of sulfonamides is 1. The second-order valence-electron chi connectivity index (χ2n) is 7.62. The molecule has 0 radical (unpaired) electrons. The van der Waals surface area contributed by atoms with Crippen LogP contribution in [0.2, 0.25) is 0 Å². The number of carbonyl (C=O) groups is 1. The van der Waals surface area contributed by atoms with Crippen molar-refractivity contribution in [3.8, 4) is 0 Å². The molecule has 1 amide bonds. The summed E-state index contributed by atoms with van der Waals surface area (Å²) >= 11 is 0. The first-order chi connectivity index (χ1) is 13.0. The first kappa shape index (κ1) is 23.1. The topological polar surface area (TPSA) is 69.7 Å². The van der Waals surface area contributed by atoms with E-state index in [-0.39, 0.29) is 23.2 Å². The molecule has 1 aromatic carbocycles. The van der Waals surface area contributed by atoms with Crippen LogP contribution in [0.1, 0.15) is 48.9 Å². The number of hydrogen-bond donors (Lipinski definition) is 1. The summed E-state index contributed by atoms with van der Waals surface area (Å²) < 4.78 is 27.3. The molecule has 2 fully saturated rings. The number of carbonyl (C=O) groups excluding carboxylic acids is 1. The van der Waals surface area contributed by atoms with Gasteiger partial charge in [-0.05, 0) is 69.8 Å². The van der Waals surface area contributed by atoms with Gasteiger partial charge in [-0.1, -0.05) is 12.5 Å². The number of halogens is 1. The van der Waals surface area contributed by atoms with Gasteiger partial charge in [0.2, 0.25) is 10.0 Å². The van der Waals surface area contributed by atoms with E-state index in [1.165, 1.54) is 0 Å². The molecule has 0 atom stereocenters. The summed E-state index contributed by atoms with van der Waals surface area (Å²) in [6, 6.07) is 6.57. The van der Waals surface area contributed by atoms with Gasteiger partial charge in [0.05, 0.1) is 4.90 Å². The zero-order valence-corrected chi connectivity index (χ0v) is 18.2. The summed E-state index contributed by atoms with van der Waals surface area (Å²) in [5, 5.41) is 3.18. The van der Waals surface area contributed by atoms with Crippen molar-refractivity contribution in [1.29, 1.82) is 0 Å². The van der Waals surface area contributed by atoms with Crippen LogP contribution < -0.4 is 5.32 Å². The lowest BCUT2D eigenvalue weighted by Gasteiger charge is -2.32. The van der Waals surface area contributed by atoms with E-state index >= 15 is 0 Å². The zero-order chi connectivity index (χ0) is 19.3. The van der Waals surface area contributed by atoms with E-state index in [0.29, 0.717) is 24.6 Å². The van der Waals surface area contributed by atoms with E-state index in [1.54, 1.807) is 28.6 Å². The molecule has 1 aromatic rings. The van der Waals surface area contributed by atoms with Crippen LogP contribution in [0.25, 0.3) is 0 Å². The molecule has 6 nitrogen and oxygen atoms in total. The fraction of sp³-hybridized carbons (Fsp3) is 0.650. The molecule has 0 bridgehead atoms. The number of nitrogens with zero attached hydrogens (tertiary/aromatic N) is 2. The lowest BCUT2D eigenvalue weighted by atomic mass is 9.93. The van der Waals surface area contributed by atoms with Crippen molar-refractivity contribution < 1.29 is 13.2 Å². The van der Waals surface area contributed by atoms with Crippen LogP contribution >= 0.6 is 12.4 Å². The first-order valence-electron chi connectivity index (χ1n) is 10.1. The molecule has 0 aromatic heterocycles. The third kappa shape index (κ3) is 5.47. The molecule has 2 saturated heterocycles. The standard InChI is InChI=1S/C20H31N3O3S.ClH/c1-21-11-8-17-9-14-22(15-10-17)20(24)18-6-5-7-19(16-18)27(25,26)23-12-3-2-4-13-23;/h5-7,16-17,21H,2-4,8-15H2,1H3;1H. The van der Waals surface area contributed by atoms with E-state index in [2.05, 4.69) is 5.32 Å². The van der Waals surface area contributed by atoms with Gasteiger partial charge in [-0.15, -0.1) is 12.4 Å². The molecule has 158 valence electrons. The summed E-state index contributed by atoms with van der Waals surface area (Å²) in [6.45, 7) is 3.64. The van der Waals surface area contributed by atoms with Crippen LogP contribution in [0, 0.1) is 5.92 Å². The van der Waals surface area contributed by atoms with Crippen LogP contribution in [-0.4, -0.2) is 63.3 Å². The Morgan fingerprint density at radius 1 is 1.11 bits per heavy atom. The summed E-state index contributed by atoms with van der Waals surface area (Å²) in [7, 11) is -1.55. The molecule has 0 saturated carbocycles. The van der Waals surface area contributed by atoms with Crippen molar-refractivity contribution in [3.05, 3.63) is 29.8 Å². The minimum absolute atomic E-state index is 0. The Morgan fingerprint density at radius 2 is 1.79 bits per heavy atom. The van der Waals surface area contributed by atoms with Crippen molar-refractivity contribution in [3.63, 3.8) is 0 Å². The molecule has 2 aliphatic heterocycles. The minimum Gasteiger partial charge on any atom is -0.339 e. The maximum Gasteiger partial charge on any atom is 0.253 e. The Hall–Kier alpha value is -1.15. The van der Waals surface area contributed by atoms with Crippen molar-refractivity contribution >= 4 is 28.3 Å². The molecule has 1 N–H and O–H groups in total. The third-order valence-corrected chi connectivity index (χ3v) is 7.63. The van der Waals surface area contributed by atoms with Crippen LogP contribution in [0.3, 0.4) is 0 Å². The zero-order valence-electron chi connectivity index (χ0n) is 16.6. The van der Waals surface area contributed by atoms with Gasteiger partial charge in [0.1, 0.15) is 0 Å². The number of likely N-dealkylation sites (tertiary alicyclic amines) is 1. The summed E-state index contributed by atoms with van der Waals surface area (Å²) in [5.74, 6) is 0.602. The highest BCUT2D eigenvalue weighted by Gasteiger charge is 2.28. The Morgan fingerprint density at radius 3 is 2.43 bits per heavy atom. The summed E-state index contributed by atoms with van der Waals surface area (Å²) in [4.78, 5) is 15.0. The van der Waals surface area contributed by atoms with Crippen LogP contribution in [0.5, 0.6) is 0 Å². The second-order valence-corrected chi connectivity index (χ2v) is 9.56. The van der Waals surface area contributed by atoms with Gasteiger partial charge < -0.3 is 10.2 Å². The van der Waals surface area contributed by atoms with Gasteiger partial charge in [0.15, 0.2) is 0 Å². The van der Waals surface area contributed by atoms with Crippen LogP contribution in [0.15, 0.2) is 29.2 Å². The lowest BCUT2D eigenvalue weighted by Crippen LogP contribution is -2.39. The summed E-state index contributed by atoms with van der Waals surface area (Å²) in [6.07, 6.45) is 6.05. The normalized spacial score (nSPS) is 19.2. The van der Waals surface area contributed by atoms with Crippen molar-refractivity contribution in [2.45, 2.75) is 43.4 Å². The number of rotatable bonds is 6. The minimum atomic E-state index is -3.51. The predicted octanol–water partition coefficient (Wildman–Crippen LogP) is 2.74. The Balaban J connectivity index is 0.00000280. The Kier molecular flexibility index (Phi) is 8.74. The molecule has 2 heterocycles. The quantitative estimate of drug-likeness (QED) is 0.754. The molecule has 8 heteroatoms. The largest absolute Gasteiger partial charge is 0.339 e. The fourth-order valence-corrected chi connectivity index (χ4v) is 5.56. The van der Waals surface area contributed by atoms with E-state index in [0.717, 1.165) is 58.2 Å². The average molecular weight is 430 g/mol. The Bertz CT molecular complexity index is 743. The molecular weight excluding hydrogens is 398 g/mol. The lowest BCUT2D eigenvalue weighted by molar-refractivity contribution is 0.0687. The highest BCUT2D eigenvalue weighted by molar-refractivity contribution is 7.89. The summed E-state index contributed by atoms with van der Waals surface area (Å²) in [5.41, 5.74) is 0.474. The SMILES string of the molecule is CNCCC1CCN(C(=O)c2cccc(S(=O)(=O)N3CCCCC3)c2)CC1.Cl. The molecule has 0 aliphatic carbocycles. The average Bonchev–Trinajstić information content (AvgIpc) is 2.73. The maximum absolute atomic E-state index is 12.9. The number of amides is 1. The second kappa shape index (κ2) is 10.6. The van der Waals surface area contributed by atoms with Gasteiger partial charge in [0, 0.05) is 31.7 Å². The van der Waals surface area contributed by atoms with Crippen LogP contribution in [-0.2, 0) is 10.0 Å². The van der Waals surface area contributed by atoms with Gasteiger partial charge in [-0.25, -0.2) is 8.42 Å². The molecule has 0 spiro atoms. The number of benzene rings is 1. The Labute approximate surface area is 175 Å². The van der Waals surface area contributed by atoms with Crippen LogP contribution in [0.4, 0.5) is 0 Å². The van der Waals surface area contributed by atoms with Gasteiger partial charge in [-0.3, -0.25) is 4.79 Å². The fourth-order valence-electron chi connectivity index (χ4n) is 4.00.